The van der Waals surface area contributed by atoms with Crippen LogP contribution < -0.4 is 0 Å². The van der Waals surface area contributed by atoms with E-state index in [1.54, 1.807) is 0 Å². The molecule has 3 amide bonds. The Morgan fingerprint density at radius 3 is 1.92 bits per heavy atom. The highest BCUT2D eigenvalue weighted by molar-refractivity contribution is 6.23. The standard InChI is InChI=1S/C22H13N5O9/c28-20(14-7-2-4-10-17(14)26(33)34)23(12-13-6-1-3-9-16(13)25(31)32)24-21(29)15-8-5-11-18(27(35)36)19(15)22(24)30/h1-11H,12H2. The zero-order chi connectivity index (χ0) is 26.1. The maximum atomic E-state index is 13.6. The lowest BCUT2D eigenvalue weighted by atomic mass is 10.1. The molecule has 36 heavy (non-hydrogen) atoms. The third kappa shape index (κ3) is 3.87. The van der Waals surface area contributed by atoms with Gasteiger partial charge in [0.05, 0.1) is 32.4 Å². The minimum absolute atomic E-state index is 0.0968. The van der Waals surface area contributed by atoms with Crippen molar-refractivity contribution in [2.45, 2.75) is 6.54 Å². The zero-order valence-corrected chi connectivity index (χ0v) is 18.0. The normalized spacial score (nSPS) is 12.3. The molecule has 4 rings (SSSR count). The van der Waals surface area contributed by atoms with Crippen molar-refractivity contribution in [3.05, 3.63) is 119 Å². The molecule has 3 aromatic rings. The SMILES string of the molecule is O=C(c1ccccc1[N+](=O)[O-])N(Cc1ccccc1[N+](=O)[O-])N1C(=O)c2cccc([N+](=O)[O-])c2C1=O. The minimum Gasteiger partial charge on any atom is -0.267 e. The second-order valence-corrected chi connectivity index (χ2v) is 7.40. The average Bonchev–Trinajstić information content (AvgIpc) is 3.12. The summed E-state index contributed by atoms with van der Waals surface area (Å²) in [4.78, 5) is 72.1. The van der Waals surface area contributed by atoms with E-state index in [1.807, 2.05) is 0 Å². The van der Waals surface area contributed by atoms with Crippen molar-refractivity contribution >= 4 is 34.8 Å². The Morgan fingerprint density at radius 1 is 0.722 bits per heavy atom. The van der Waals surface area contributed by atoms with Crippen LogP contribution >= 0.6 is 0 Å². The largest absolute Gasteiger partial charge is 0.287 e. The number of carbonyl (C=O) groups excluding carboxylic acids is 3. The average molecular weight is 491 g/mol. The van der Waals surface area contributed by atoms with Gasteiger partial charge in [0.2, 0.25) is 0 Å². The van der Waals surface area contributed by atoms with E-state index in [4.69, 9.17) is 0 Å². The predicted molar refractivity (Wildman–Crippen MR) is 120 cm³/mol. The van der Waals surface area contributed by atoms with Crippen LogP contribution in [0.1, 0.15) is 36.6 Å². The fraction of sp³-hybridized carbons (Fsp3) is 0.0455. The van der Waals surface area contributed by atoms with Crippen LogP contribution in [0.5, 0.6) is 0 Å². The maximum absolute atomic E-state index is 13.6. The van der Waals surface area contributed by atoms with Crippen molar-refractivity contribution in [3.63, 3.8) is 0 Å². The number of para-hydroxylation sites is 2. The summed E-state index contributed by atoms with van der Waals surface area (Å²) in [5.74, 6) is -3.53. The van der Waals surface area contributed by atoms with E-state index in [2.05, 4.69) is 0 Å². The van der Waals surface area contributed by atoms with Crippen molar-refractivity contribution < 1.29 is 29.2 Å². The molecule has 0 radical (unpaired) electrons. The highest BCUT2D eigenvalue weighted by Gasteiger charge is 2.46. The summed E-state index contributed by atoms with van der Waals surface area (Å²) in [6, 6.07) is 13.3. The summed E-state index contributed by atoms with van der Waals surface area (Å²) in [5.41, 5.74) is -3.31. The monoisotopic (exact) mass is 491 g/mol. The molecule has 0 aromatic heterocycles. The molecular weight excluding hydrogens is 478 g/mol. The van der Waals surface area contributed by atoms with Crippen molar-refractivity contribution in [2.75, 3.05) is 0 Å². The van der Waals surface area contributed by atoms with Crippen LogP contribution in [-0.2, 0) is 6.54 Å². The van der Waals surface area contributed by atoms with Gasteiger partial charge in [-0.2, -0.15) is 5.01 Å². The van der Waals surface area contributed by atoms with Gasteiger partial charge in [-0.1, -0.05) is 36.4 Å². The number of hydrogen-bond acceptors (Lipinski definition) is 9. The lowest BCUT2D eigenvalue weighted by molar-refractivity contribution is -0.385. The van der Waals surface area contributed by atoms with E-state index in [-0.39, 0.29) is 11.1 Å². The van der Waals surface area contributed by atoms with Gasteiger partial charge in [-0.15, -0.1) is 0 Å². The smallest absolute Gasteiger partial charge is 0.267 e. The summed E-state index contributed by atoms with van der Waals surface area (Å²) in [6.07, 6.45) is 0. The summed E-state index contributed by atoms with van der Waals surface area (Å²) in [7, 11) is 0. The maximum Gasteiger partial charge on any atom is 0.287 e. The van der Waals surface area contributed by atoms with Gasteiger partial charge in [0.1, 0.15) is 11.1 Å². The van der Waals surface area contributed by atoms with Gasteiger partial charge >= 0.3 is 0 Å². The lowest BCUT2D eigenvalue weighted by Gasteiger charge is -2.29. The van der Waals surface area contributed by atoms with Gasteiger partial charge in [-0.3, -0.25) is 44.7 Å². The number of rotatable bonds is 7. The number of hydrazine groups is 1. The third-order valence-electron chi connectivity index (χ3n) is 5.38. The number of carbonyl (C=O) groups is 3. The molecule has 0 N–H and O–H groups in total. The molecule has 0 atom stereocenters. The lowest BCUT2D eigenvalue weighted by Crippen LogP contribution is -2.49. The van der Waals surface area contributed by atoms with Crippen LogP contribution in [0.25, 0.3) is 0 Å². The first kappa shape index (κ1) is 23.6. The van der Waals surface area contributed by atoms with Crippen LogP contribution in [0.3, 0.4) is 0 Å². The van der Waals surface area contributed by atoms with Gasteiger partial charge < -0.3 is 0 Å². The topological polar surface area (TPSA) is 187 Å². The number of amides is 3. The zero-order valence-electron chi connectivity index (χ0n) is 18.0. The fourth-order valence-corrected chi connectivity index (χ4v) is 3.80. The highest BCUT2D eigenvalue weighted by Crippen LogP contribution is 2.34. The van der Waals surface area contributed by atoms with Crippen LogP contribution in [0.4, 0.5) is 17.1 Å². The Bertz CT molecular complexity index is 1490. The Kier molecular flexibility index (Phi) is 5.92. The second kappa shape index (κ2) is 9.02. The Hall–Kier alpha value is -5.53. The molecule has 0 fully saturated rings. The third-order valence-corrected chi connectivity index (χ3v) is 5.38. The van der Waals surface area contributed by atoms with Crippen LogP contribution in [0, 0.1) is 30.3 Å². The quantitative estimate of drug-likeness (QED) is 0.271. The van der Waals surface area contributed by atoms with Crippen molar-refractivity contribution in [2.24, 2.45) is 0 Å². The summed E-state index contributed by atoms with van der Waals surface area (Å²) < 4.78 is 0. The fourth-order valence-electron chi connectivity index (χ4n) is 3.80. The molecule has 0 bridgehead atoms. The molecule has 0 saturated carbocycles. The molecule has 0 unspecified atom stereocenters. The second-order valence-electron chi connectivity index (χ2n) is 7.40. The van der Waals surface area contributed by atoms with Crippen LogP contribution in [0.2, 0.25) is 0 Å². The number of benzene rings is 3. The first-order valence-corrected chi connectivity index (χ1v) is 10.1. The number of nitro groups is 3. The summed E-state index contributed by atoms with van der Waals surface area (Å²) in [5, 5.41) is 35.3. The van der Waals surface area contributed by atoms with Gasteiger partial charge in [-0.05, 0) is 12.1 Å². The minimum atomic E-state index is -1.23. The molecule has 14 heteroatoms. The van der Waals surface area contributed by atoms with E-state index in [0.717, 1.165) is 30.3 Å². The van der Waals surface area contributed by atoms with Crippen molar-refractivity contribution in [1.29, 1.82) is 0 Å². The van der Waals surface area contributed by atoms with Gasteiger partial charge in [0, 0.05) is 18.2 Å². The molecule has 14 nitrogen and oxygen atoms in total. The van der Waals surface area contributed by atoms with Crippen molar-refractivity contribution in [3.8, 4) is 0 Å². The van der Waals surface area contributed by atoms with E-state index >= 15 is 0 Å². The van der Waals surface area contributed by atoms with Gasteiger partial charge in [-0.25, -0.2) is 5.01 Å². The molecule has 0 saturated heterocycles. The summed E-state index contributed by atoms with van der Waals surface area (Å²) in [6.45, 7) is -0.721. The molecule has 0 spiro atoms. The number of nitro benzene ring substituents is 3. The highest BCUT2D eigenvalue weighted by atomic mass is 16.6. The summed E-state index contributed by atoms with van der Waals surface area (Å²) >= 11 is 0. The van der Waals surface area contributed by atoms with E-state index in [9.17, 15) is 44.7 Å². The van der Waals surface area contributed by atoms with Crippen LogP contribution in [-0.4, -0.2) is 42.5 Å². The molecular formula is C22H13N5O9. The van der Waals surface area contributed by atoms with E-state index in [0.29, 0.717) is 10.0 Å². The van der Waals surface area contributed by atoms with Gasteiger partial charge in [0.15, 0.2) is 0 Å². The predicted octanol–water partition coefficient (Wildman–Crippen LogP) is 3.26. The molecule has 1 aliphatic rings. The van der Waals surface area contributed by atoms with Crippen LogP contribution in [0.15, 0.2) is 66.7 Å². The van der Waals surface area contributed by atoms with Crippen molar-refractivity contribution in [1.82, 2.24) is 10.0 Å². The number of hydrogen-bond donors (Lipinski definition) is 0. The number of fused-ring (bicyclic) bond motifs is 1. The Labute approximate surface area is 200 Å². The first-order chi connectivity index (χ1) is 17.1. The molecule has 1 heterocycles. The molecule has 1 aliphatic heterocycles. The Morgan fingerprint density at radius 2 is 1.28 bits per heavy atom. The number of nitrogens with zero attached hydrogens (tertiary/aromatic N) is 5. The molecule has 0 aliphatic carbocycles. The van der Waals surface area contributed by atoms with Gasteiger partial charge in [0.25, 0.3) is 34.8 Å². The first-order valence-electron chi connectivity index (χ1n) is 10.1. The van der Waals surface area contributed by atoms with E-state index in [1.165, 1.54) is 36.4 Å². The Balaban J connectivity index is 1.89. The van der Waals surface area contributed by atoms with E-state index < -0.39 is 67.2 Å². The number of imide groups is 1. The molecule has 3 aromatic carbocycles. The molecule has 180 valence electrons.